The number of hydrogen-bond donors (Lipinski definition) is 0. The zero-order valence-electron chi connectivity index (χ0n) is 16.6. The molecular weight excluding hydrogens is 336 g/mol. The van der Waals surface area contributed by atoms with Crippen molar-refractivity contribution in [3.8, 4) is 0 Å². The Morgan fingerprint density at radius 3 is 2.67 bits per heavy atom. The predicted octanol–water partition coefficient (Wildman–Crippen LogP) is 3.50. The van der Waals surface area contributed by atoms with Gasteiger partial charge in [0.05, 0.1) is 6.10 Å². The molecule has 3 aliphatic rings. The van der Waals surface area contributed by atoms with Crippen LogP contribution in [0, 0.1) is 5.41 Å². The highest BCUT2D eigenvalue weighted by molar-refractivity contribution is 5.79. The fourth-order valence-electron chi connectivity index (χ4n) is 5.09. The third kappa shape index (κ3) is 4.91. The van der Waals surface area contributed by atoms with Crippen molar-refractivity contribution in [2.24, 2.45) is 5.41 Å². The van der Waals surface area contributed by atoms with Crippen LogP contribution in [0.2, 0.25) is 0 Å². The van der Waals surface area contributed by atoms with E-state index in [1.54, 1.807) is 0 Å². The summed E-state index contributed by atoms with van der Waals surface area (Å²) in [7, 11) is 0. The van der Waals surface area contributed by atoms with Gasteiger partial charge in [-0.15, -0.1) is 0 Å². The van der Waals surface area contributed by atoms with E-state index in [2.05, 4.69) is 40.1 Å². The van der Waals surface area contributed by atoms with Gasteiger partial charge in [0.1, 0.15) is 0 Å². The Bertz CT molecular complexity index is 604. The Morgan fingerprint density at radius 2 is 1.93 bits per heavy atom. The first-order valence-corrected chi connectivity index (χ1v) is 10.9. The van der Waals surface area contributed by atoms with E-state index < -0.39 is 0 Å². The van der Waals surface area contributed by atoms with Crippen LogP contribution >= 0.6 is 0 Å². The number of nitrogens with zero attached hydrogens (tertiary/aromatic N) is 2. The number of likely N-dealkylation sites (tertiary alicyclic amines) is 2. The SMILES string of the molecule is O=C1CC2(CCN(C[C@@H]3CCCCO3)CC2)CN1CCCc1ccccc1. The maximum atomic E-state index is 12.6. The van der Waals surface area contributed by atoms with Crippen molar-refractivity contribution in [1.29, 1.82) is 0 Å². The molecule has 3 saturated heterocycles. The van der Waals surface area contributed by atoms with Crippen LogP contribution in [0.5, 0.6) is 0 Å². The lowest BCUT2D eigenvalue weighted by Crippen LogP contribution is -2.45. The van der Waals surface area contributed by atoms with Crippen molar-refractivity contribution in [3.05, 3.63) is 35.9 Å². The van der Waals surface area contributed by atoms with E-state index in [4.69, 9.17) is 4.74 Å². The first-order valence-electron chi connectivity index (χ1n) is 10.9. The molecule has 0 aliphatic carbocycles. The molecule has 0 unspecified atom stereocenters. The van der Waals surface area contributed by atoms with Crippen molar-refractivity contribution in [2.75, 3.05) is 39.3 Å². The van der Waals surface area contributed by atoms with E-state index in [0.717, 1.165) is 58.6 Å². The predicted molar refractivity (Wildman–Crippen MR) is 108 cm³/mol. The van der Waals surface area contributed by atoms with Crippen LogP contribution in [0.1, 0.15) is 50.5 Å². The van der Waals surface area contributed by atoms with Crippen molar-refractivity contribution in [2.45, 2.75) is 57.5 Å². The first kappa shape index (κ1) is 18.9. The second kappa shape index (κ2) is 8.74. The summed E-state index contributed by atoms with van der Waals surface area (Å²) >= 11 is 0. The summed E-state index contributed by atoms with van der Waals surface area (Å²) in [6.07, 6.45) is 9.43. The van der Waals surface area contributed by atoms with Crippen LogP contribution in [0.3, 0.4) is 0 Å². The third-order valence-electron chi connectivity index (χ3n) is 6.79. The van der Waals surface area contributed by atoms with Gasteiger partial charge in [-0.05, 0) is 69.0 Å². The molecular formula is C23H34N2O2. The maximum absolute atomic E-state index is 12.6. The van der Waals surface area contributed by atoms with E-state index in [0.29, 0.717) is 12.0 Å². The summed E-state index contributed by atoms with van der Waals surface area (Å²) < 4.78 is 5.91. The highest BCUT2D eigenvalue weighted by atomic mass is 16.5. The second-order valence-electron chi connectivity index (χ2n) is 8.87. The Labute approximate surface area is 163 Å². The van der Waals surface area contributed by atoms with Gasteiger partial charge in [-0.3, -0.25) is 4.79 Å². The highest BCUT2D eigenvalue weighted by Crippen LogP contribution is 2.41. The van der Waals surface area contributed by atoms with Crippen molar-refractivity contribution >= 4 is 5.91 Å². The van der Waals surface area contributed by atoms with E-state index in [9.17, 15) is 4.79 Å². The third-order valence-corrected chi connectivity index (χ3v) is 6.79. The van der Waals surface area contributed by atoms with Gasteiger partial charge in [-0.2, -0.15) is 0 Å². The minimum absolute atomic E-state index is 0.244. The Balaban J connectivity index is 1.21. The Hall–Kier alpha value is -1.39. The second-order valence-corrected chi connectivity index (χ2v) is 8.87. The van der Waals surface area contributed by atoms with Gasteiger partial charge in [0.25, 0.3) is 0 Å². The summed E-state index contributed by atoms with van der Waals surface area (Å²) in [5.41, 5.74) is 1.62. The monoisotopic (exact) mass is 370 g/mol. The van der Waals surface area contributed by atoms with E-state index in [-0.39, 0.29) is 5.41 Å². The summed E-state index contributed by atoms with van der Waals surface area (Å²) in [5, 5.41) is 0. The normalized spacial score (nSPS) is 26.0. The van der Waals surface area contributed by atoms with Crippen LogP contribution in [-0.2, 0) is 16.0 Å². The average molecular weight is 371 g/mol. The number of piperidine rings is 1. The zero-order valence-corrected chi connectivity index (χ0v) is 16.6. The molecule has 1 amide bonds. The average Bonchev–Trinajstić information content (AvgIpc) is 3.01. The molecule has 0 radical (unpaired) electrons. The maximum Gasteiger partial charge on any atom is 0.223 e. The molecule has 0 N–H and O–H groups in total. The quantitative estimate of drug-likeness (QED) is 0.768. The largest absolute Gasteiger partial charge is 0.377 e. The molecule has 0 aromatic heterocycles. The van der Waals surface area contributed by atoms with Gasteiger partial charge in [0.15, 0.2) is 0 Å². The lowest BCUT2D eigenvalue weighted by molar-refractivity contribution is -0.127. The van der Waals surface area contributed by atoms with Crippen LogP contribution in [0.25, 0.3) is 0 Å². The molecule has 4 heteroatoms. The lowest BCUT2D eigenvalue weighted by Gasteiger charge is -2.40. The van der Waals surface area contributed by atoms with Crippen molar-refractivity contribution in [1.82, 2.24) is 9.80 Å². The summed E-state index contributed by atoms with van der Waals surface area (Å²) in [5.74, 6) is 0.382. The molecule has 1 atom stereocenters. The molecule has 27 heavy (non-hydrogen) atoms. The lowest BCUT2D eigenvalue weighted by atomic mass is 9.77. The fraction of sp³-hybridized carbons (Fsp3) is 0.696. The fourth-order valence-corrected chi connectivity index (χ4v) is 5.09. The molecule has 4 nitrogen and oxygen atoms in total. The molecule has 1 aromatic rings. The number of benzene rings is 1. The van der Waals surface area contributed by atoms with Gasteiger partial charge in [-0.1, -0.05) is 30.3 Å². The van der Waals surface area contributed by atoms with E-state index in [1.165, 1.54) is 37.7 Å². The van der Waals surface area contributed by atoms with Crippen LogP contribution < -0.4 is 0 Å². The molecule has 3 heterocycles. The standard InChI is InChI=1S/C23H34N2O2/c26-22-17-23(19-25(22)13-6-9-20-7-2-1-3-8-20)11-14-24(15-12-23)18-21-10-4-5-16-27-21/h1-3,7-8,21H,4-6,9-19H2/t21-/m0/s1. The summed E-state index contributed by atoms with van der Waals surface area (Å²) in [6, 6.07) is 10.6. The van der Waals surface area contributed by atoms with Gasteiger partial charge in [-0.25, -0.2) is 0 Å². The van der Waals surface area contributed by atoms with Crippen molar-refractivity contribution in [3.63, 3.8) is 0 Å². The number of hydrogen-bond acceptors (Lipinski definition) is 3. The minimum atomic E-state index is 0.244. The van der Waals surface area contributed by atoms with Crippen LogP contribution in [-0.4, -0.2) is 61.1 Å². The number of rotatable bonds is 6. The Kier molecular flexibility index (Phi) is 6.14. The highest BCUT2D eigenvalue weighted by Gasteiger charge is 2.44. The number of aryl methyl sites for hydroxylation is 1. The Morgan fingerprint density at radius 1 is 1.11 bits per heavy atom. The van der Waals surface area contributed by atoms with Gasteiger partial charge >= 0.3 is 0 Å². The van der Waals surface area contributed by atoms with Crippen LogP contribution in [0.15, 0.2) is 30.3 Å². The molecule has 148 valence electrons. The summed E-state index contributed by atoms with van der Waals surface area (Å²) in [4.78, 5) is 17.3. The zero-order chi connectivity index (χ0) is 18.5. The number of amides is 1. The van der Waals surface area contributed by atoms with E-state index >= 15 is 0 Å². The molecule has 3 fully saturated rings. The number of ether oxygens (including phenoxy) is 1. The molecule has 3 aliphatic heterocycles. The molecule has 1 aromatic carbocycles. The molecule has 0 saturated carbocycles. The van der Waals surface area contributed by atoms with Crippen LogP contribution in [0.4, 0.5) is 0 Å². The molecule has 4 rings (SSSR count). The van der Waals surface area contributed by atoms with Crippen molar-refractivity contribution < 1.29 is 9.53 Å². The number of carbonyl (C=O) groups is 1. The van der Waals surface area contributed by atoms with E-state index in [1.807, 2.05) is 0 Å². The van der Waals surface area contributed by atoms with Gasteiger partial charge in [0, 0.05) is 32.7 Å². The first-order chi connectivity index (χ1) is 13.2. The topological polar surface area (TPSA) is 32.8 Å². The number of carbonyl (C=O) groups excluding carboxylic acids is 1. The van der Waals surface area contributed by atoms with Gasteiger partial charge < -0.3 is 14.5 Å². The minimum Gasteiger partial charge on any atom is -0.377 e. The van der Waals surface area contributed by atoms with Gasteiger partial charge in [0.2, 0.25) is 5.91 Å². The molecule has 1 spiro atoms. The summed E-state index contributed by atoms with van der Waals surface area (Å²) in [6.45, 7) is 6.18. The molecule has 0 bridgehead atoms. The smallest absolute Gasteiger partial charge is 0.223 e.